The van der Waals surface area contributed by atoms with Gasteiger partial charge in [0.2, 0.25) is 5.91 Å². The summed E-state index contributed by atoms with van der Waals surface area (Å²) in [6.45, 7) is 1.27. The van der Waals surface area contributed by atoms with Gasteiger partial charge in [0.15, 0.2) is 0 Å². The van der Waals surface area contributed by atoms with Gasteiger partial charge in [0.25, 0.3) is 15.9 Å². The zero-order valence-corrected chi connectivity index (χ0v) is 23.1. The second kappa shape index (κ2) is 12.5. The van der Waals surface area contributed by atoms with E-state index in [2.05, 4.69) is 10.6 Å². The molecule has 0 saturated carbocycles. The highest BCUT2D eigenvalue weighted by Crippen LogP contribution is 2.24. The molecule has 0 unspecified atom stereocenters. The lowest BCUT2D eigenvalue weighted by atomic mass is 10.0. The standard InChI is InChI=1S/C30H31N5O4S/c1-34(2)19-17-32-30(37)25-7-5-6-24(20-25)23-11-13-26(14-12-23)40(38,39)35-18-16-22(21-35)10-15-29(36)33-28-9-4-3-8-27(28)31/h3-16,18,20-21H,17,19,31H2,1-2H3,(H,32,37)(H,33,36). The molecule has 0 aliphatic heterocycles. The van der Waals surface area contributed by atoms with E-state index >= 15 is 0 Å². The van der Waals surface area contributed by atoms with Gasteiger partial charge in [0.1, 0.15) is 0 Å². The molecule has 1 heterocycles. The van der Waals surface area contributed by atoms with Crippen LogP contribution in [-0.4, -0.2) is 56.3 Å². The van der Waals surface area contributed by atoms with E-state index in [1.807, 2.05) is 25.1 Å². The van der Waals surface area contributed by atoms with Crippen molar-refractivity contribution in [1.29, 1.82) is 0 Å². The fraction of sp³-hybridized carbons (Fsp3) is 0.133. The minimum absolute atomic E-state index is 0.109. The van der Waals surface area contributed by atoms with Gasteiger partial charge in [0, 0.05) is 37.1 Å². The van der Waals surface area contributed by atoms with Crippen molar-refractivity contribution in [3.8, 4) is 11.1 Å². The first-order chi connectivity index (χ1) is 19.1. The topological polar surface area (TPSA) is 127 Å². The van der Waals surface area contributed by atoms with Crippen molar-refractivity contribution in [3.63, 3.8) is 0 Å². The molecule has 0 spiro atoms. The minimum Gasteiger partial charge on any atom is -0.397 e. The van der Waals surface area contributed by atoms with Gasteiger partial charge in [-0.25, -0.2) is 12.4 Å². The van der Waals surface area contributed by atoms with Crippen LogP contribution in [0.15, 0.2) is 102 Å². The number of carbonyl (C=O) groups excluding carboxylic acids is 2. The first-order valence-electron chi connectivity index (χ1n) is 12.5. The number of nitrogen functional groups attached to an aromatic ring is 1. The second-order valence-electron chi connectivity index (χ2n) is 9.35. The van der Waals surface area contributed by atoms with E-state index < -0.39 is 10.0 Å². The molecule has 4 aromatic rings. The monoisotopic (exact) mass is 557 g/mol. The molecule has 0 radical (unpaired) electrons. The number of amides is 2. The third-order valence-corrected chi connectivity index (χ3v) is 7.72. The Morgan fingerprint density at radius 1 is 0.950 bits per heavy atom. The normalized spacial score (nSPS) is 11.6. The van der Waals surface area contributed by atoms with Crippen LogP contribution in [0.25, 0.3) is 17.2 Å². The summed E-state index contributed by atoms with van der Waals surface area (Å²) in [6, 6.07) is 22.2. The highest BCUT2D eigenvalue weighted by atomic mass is 32.2. The molecule has 0 fully saturated rings. The molecule has 4 rings (SSSR count). The Kier molecular flexibility index (Phi) is 8.83. The van der Waals surface area contributed by atoms with Crippen LogP contribution in [0.4, 0.5) is 11.4 Å². The van der Waals surface area contributed by atoms with Crippen molar-refractivity contribution in [2.45, 2.75) is 4.90 Å². The number of hydrogen-bond acceptors (Lipinski definition) is 6. The first-order valence-corrected chi connectivity index (χ1v) is 14.0. The fourth-order valence-corrected chi connectivity index (χ4v) is 5.08. The predicted molar refractivity (Wildman–Crippen MR) is 158 cm³/mol. The Hall–Kier alpha value is -4.67. The maximum absolute atomic E-state index is 13.2. The van der Waals surface area contributed by atoms with Crippen molar-refractivity contribution >= 4 is 39.3 Å². The summed E-state index contributed by atoms with van der Waals surface area (Å²) in [6.07, 6.45) is 5.69. The van der Waals surface area contributed by atoms with E-state index in [1.165, 1.54) is 36.7 Å². The van der Waals surface area contributed by atoms with Crippen LogP contribution in [-0.2, 0) is 14.8 Å². The van der Waals surface area contributed by atoms with E-state index in [0.29, 0.717) is 29.0 Å². The van der Waals surface area contributed by atoms with Crippen molar-refractivity contribution in [1.82, 2.24) is 14.2 Å². The number of nitrogens with one attached hydrogen (secondary N) is 2. The summed E-state index contributed by atoms with van der Waals surface area (Å²) in [5, 5.41) is 5.58. The van der Waals surface area contributed by atoms with Gasteiger partial charge in [-0.3, -0.25) is 9.59 Å². The number of nitrogens with zero attached hydrogens (tertiary/aromatic N) is 2. The smallest absolute Gasteiger partial charge is 0.267 e. The molecule has 0 aliphatic rings. The molecule has 1 aromatic heterocycles. The average Bonchev–Trinajstić information content (AvgIpc) is 3.43. The lowest BCUT2D eigenvalue weighted by Crippen LogP contribution is -2.31. The number of benzene rings is 3. The van der Waals surface area contributed by atoms with Crippen LogP contribution in [0.5, 0.6) is 0 Å². The van der Waals surface area contributed by atoms with Crippen molar-refractivity contribution in [3.05, 3.63) is 108 Å². The third-order valence-electron chi connectivity index (χ3n) is 6.07. The zero-order valence-electron chi connectivity index (χ0n) is 22.2. The Morgan fingerprint density at radius 2 is 1.70 bits per heavy atom. The van der Waals surface area contributed by atoms with Crippen LogP contribution in [0.2, 0.25) is 0 Å². The van der Waals surface area contributed by atoms with E-state index in [4.69, 9.17) is 5.73 Å². The van der Waals surface area contributed by atoms with Crippen molar-refractivity contribution < 1.29 is 18.0 Å². The van der Waals surface area contributed by atoms with Crippen molar-refractivity contribution in [2.75, 3.05) is 38.2 Å². The molecule has 3 aromatic carbocycles. The number of aromatic nitrogens is 1. The molecule has 4 N–H and O–H groups in total. The molecule has 0 saturated heterocycles. The Balaban J connectivity index is 1.43. The van der Waals surface area contributed by atoms with E-state index in [1.54, 1.807) is 60.7 Å². The van der Waals surface area contributed by atoms with E-state index in [9.17, 15) is 18.0 Å². The summed E-state index contributed by atoms with van der Waals surface area (Å²) in [5.41, 5.74) is 9.43. The van der Waals surface area contributed by atoms with Gasteiger partial charge >= 0.3 is 0 Å². The summed E-state index contributed by atoms with van der Waals surface area (Å²) in [5.74, 6) is -0.554. The van der Waals surface area contributed by atoms with Gasteiger partial charge in [0.05, 0.1) is 16.3 Å². The number of carbonyl (C=O) groups is 2. The van der Waals surface area contributed by atoms with Crippen LogP contribution >= 0.6 is 0 Å². The number of rotatable bonds is 10. The molecule has 10 heteroatoms. The van der Waals surface area contributed by atoms with Crippen LogP contribution in [0, 0.1) is 0 Å². The fourth-order valence-electron chi connectivity index (χ4n) is 3.87. The van der Waals surface area contributed by atoms with Gasteiger partial charge in [-0.1, -0.05) is 36.4 Å². The number of hydrogen-bond donors (Lipinski definition) is 3. The average molecular weight is 558 g/mol. The molecular formula is C30H31N5O4S. The summed E-state index contributed by atoms with van der Waals surface area (Å²) in [4.78, 5) is 26.8. The molecule has 0 aliphatic carbocycles. The maximum Gasteiger partial charge on any atom is 0.267 e. The van der Waals surface area contributed by atoms with Crippen LogP contribution in [0.3, 0.4) is 0 Å². The lowest BCUT2D eigenvalue weighted by molar-refractivity contribution is -0.111. The Bertz CT molecular complexity index is 1640. The predicted octanol–water partition coefficient (Wildman–Crippen LogP) is 3.92. The summed E-state index contributed by atoms with van der Waals surface area (Å²) >= 11 is 0. The SMILES string of the molecule is CN(C)CCNC(=O)c1cccc(-c2ccc(S(=O)(=O)n3ccc(C=CC(=O)Nc4ccccc4N)c3)cc2)c1. The molecule has 2 amide bonds. The van der Waals surface area contributed by atoms with Crippen molar-refractivity contribution in [2.24, 2.45) is 0 Å². The van der Waals surface area contributed by atoms with Gasteiger partial charge in [-0.15, -0.1) is 0 Å². The molecule has 206 valence electrons. The number of para-hydroxylation sites is 2. The molecule has 0 bridgehead atoms. The first kappa shape index (κ1) is 28.3. The maximum atomic E-state index is 13.2. The minimum atomic E-state index is -3.85. The third kappa shape index (κ3) is 7.04. The second-order valence-corrected chi connectivity index (χ2v) is 11.2. The number of nitrogens with two attached hydrogens (primary N) is 1. The van der Waals surface area contributed by atoms with Gasteiger partial charge in [-0.2, -0.15) is 0 Å². The van der Waals surface area contributed by atoms with Gasteiger partial charge in [-0.05, 0) is 79.3 Å². The zero-order chi connectivity index (χ0) is 28.7. The van der Waals surface area contributed by atoms with Gasteiger partial charge < -0.3 is 21.3 Å². The Labute approximate surface area is 234 Å². The summed E-state index contributed by atoms with van der Waals surface area (Å²) in [7, 11) is 0.0262. The summed E-state index contributed by atoms with van der Waals surface area (Å²) < 4.78 is 27.5. The van der Waals surface area contributed by atoms with E-state index in [-0.39, 0.29) is 16.7 Å². The van der Waals surface area contributed by atoms with Crippen LogP contribution < -0.4 is 16.4 Å². The lowest BCUT2D eigenvalue weighted by Gasteiger charge is -2.11. The quantitative estimate of drug-likeness (QED) is 0.200. The molecule has 0 atom stereocenters. The molecule has 40 heavy (non-hydrogen) atoms. The van der Waals surface area contributed by atoms with Crippen LogP contribution in [0.1, 0.15) is 15.9 Å². The molecular weight excluding hydrogens is 526 g/mol. The number of likely N-dealkylation sites (N-methyl/N-ethyl adjacent to an activating group) is 1. The van der Waals surface area contributed by atoms with E-state index in [0.717, 1.165) is 21.6 Å². The number of anilines is 2. The highest BCUT2D eigenvalue weighted by molar-refractivity contribution is 7.90. The molecule has 9 nitrogen and oxygen atoms in total. The highest BCUT2D eigenvalue weighted by Gasteiger charge is 2.17. The Morgan fingerprint density at radius 3 is 2.42 bits per heavy atom. The largest absolute Gasteiger partial charge is 0.397 e.